The molecule has 0 aromatic carbocycles. The van der Waals surface area contributed by atoms with E-state index in [2.05, 4.69) is 11.1 Å². The lowest BCUT2D eigenvalue weighted by Crippen LogP contribution is -2.67. The molecular weight excluding hydrogens is 300 g/mol. The average Bonchev–Trinajstić information content (AvgIpc) is 2.93. The fourth-order valence-corrected chi connectivity index (χ4v) is 3.85. The Hall–Kier alpha value is -2.20. The maximum atomic E-state index is 12.8. The van der Waals surface area contributed by atoms with E-state index in [9.17, 15) is 10.1 Å². The van der Waals surface area contributed by atoms with Crippen LogP contribution >= 0.6 is 12.2 Å². The molecule has 2 aliphatic heterocycles. The first-order chi connectivity index (χ1) is 10.3. The molecule has 22 heavy (non-hydrogen) atoms. The summed E-state index contributed by atoms with van der Waals surface area (Å²) in [6.45, 7) is 4.20. The number of nitrogens with zero attached hydrogens (tertiary/aromatic N) is 3. The first-order valence-electron chi connectivity index (χ1n) is 6.94. The molecule has 3 rings (SSSR count). The van der Waals surface area contributed by atoms with Crippen molar-refractivity contribution < 1.29 is 9.21 Å². The van der Waals surface area contributed by atoms with Crippen molar-refractivity contribution in [2.45, 2.75) is 20.4 Å². The summed E-state index contributed by atoms with van der Waals surface area (Å²) >= 11 is 5.34. The lowest BCUT2D eigenvalue weighted by Gasteiger charge is -2.54. The first kappa shape index (κ1) is 14.7. The van der Waals surface area contributed by atoms with Crippen LogP contribution < -0.4 is 5.73 Å². The van der Waals surface area contributed by atoms with Crippen molar-refractivity contribution in [1.29, 1.82) is 5.26 Å². The van der Waals surface area contributed by atoms with Gasteiger partial charge in [0.1, 0.15) is 27.9 Å². The van der Waals surface area contributed by atoms with Crippen LogP contribution in [0.4, 0.5) is 0 Å². The zero-order chi connectivity index (χ0) is 16.1. The molecule has 1 amide bonds. The van der Waals surface area contributed by atoms with Crippen LogP contribution in [-0.4, -0.2) is 28.2 Å². The SMILES string of the molecule is CC1(C)C2C(=O)N(Cc3ccco3)CC1(C#N)C(=S)N=C2N. The number of piperidine rings is 1. The van der Waals surface area contributed by atoms with Crippen molar-refractivity contribution in [3.63, 3.8) is 0 Å². The summed E-state index contributed by atoms with van der Waals surface area (Å²) in [6.07, 6.45) is 1.55. The summed E-state index contributed by atoms with van der Waals surface area (Å²) in [7, 11) is 0. The molecule has 114 valence electrons. The third-order valence-corrected chi connectivity index (χ3v) is 5.26. The number of rotatable bonds is 2. The molecule has 1 fully saturated rings. The van der Waals surface area contributed by atoms with Crippen LogP contribution in [0.2, 0.25) is 0 Å². The molecule has 2 atom stereocenters. The van der Waals surface area contributed by atoms with Gasteiger partial charge in [0.15, 0.2) is 0 Å². The van der Waals surface area contributed by atoms with E-state index < -0.39 is 16.7 Å². The van der Waals surface area contributed by atoms with Gasteiger partial charge in [-0.1, -0.05) is 26.1 Å². The molecule has 2 N–H and O–H groups in total. The summed E-state index contributed by atoms with van der Waals surface area (Å²) in [4.78, 5) is 18.8. The van der Waals surface area contributed by atoms with E-state index in [1.807, 2.05) is 13.8 Å². The summed E-state index contributed by atoms with van der Waals surface area (Å²) in [6, 6.07) is 5.86. The van der Waals surface area contributed by atoms with E-state index in [-0.39, 0.29) is 29.8 Å². The van der Waals surface area contributed by atoms with E-state index in [0.717, 1.165) is 0 Å². The number of fused-ring (bicyclic) bond motifs is 2. The van der Waals surface area contributed by atoms with Gasteiger partial charge in [-0.3, -0.25) is 4.79 Å². The molecular formula is C15H16N4O2S. The topological polar surface area (TPSA) is 95.6 Å². The highest BCUT2D eigenvalue weighted by Crippen LogP contribution is 2.53. The van der Waals surface area contributed by atoms with Gasteiger partial charge in [0.25, 0.3) is 0 Å². The Bertz CT molecular complexity index is 716. The number of thiocarbonyl (C=S) groups is 1. The Morgan fingerprint density at radius 1 is 1.64 bits per heavy atom. The molecule has 2 bridgehead atoms. The van der Waals surface area contributed by atoms with E-state index in [4.69, 9.17) is 22.4 Å². The zero-order valence-corrected chi connectivity index (χ0v) is 13.2. The molecule has 3 heterocycles. The van der Waals surface area contributed by atoms with Crippen LogP contribution in [0.1, 0.15) is 19.6 Å². The molecule has 7 heteroatoms. The number of amidine groups is 1. The second-order valence-corrected chi connectivity index (χ2v) is 6.67. The van der Waals surface area contributed by atoms with Crippen molar-refractivity contribution in [2.24, 2.45) is 27.5 Å². The van der Waals surface area contributed by atoms with Gasteiger partial charge >= 0.3 is 0 Å². The highest BCUT2D eigenvalue weighted by molar-refractivity contribution is 7.80. The van der Waals surface area contributed by atoms with E-state index in [0.29, 0.717) is 5.76 Å². The average molecular weight is 316 g/mol. The molecule has 1 aromatic rings. The highest BCUT2D eigenvalue weighted by Gasteiger charge is 2.64. The predicted octanol–water partition coefficient (Wildman–Crippen LogP) is 1.47. The summed E-state index contributed by atoms with van der Waals surface area (Å²) < 4.78 is 5.31. The second kappa shape index (κ2) is 4.65. The Morgan fingerprint density at radius 3 is 2.95 bits per heavy atom. The minimum absolute atomic E-state index is 0.143. The van der Waals surface area contributed by atoms with Gasteiger partial charge in [0, 0.05) is 12.0 Å². The summed E-state index contributed by atoms with van der Waals surface area (Å²) in [5.74, 6) is 0.0502. The Labute approximate surface area is 133 Å². The Kier molecular flexibility index (Phi) is 3.11. The molecule has 1 aromatic heterocycles. The van der Waals surface area contributed by atoms with Crippen molar-refractivity contribution in [1.82, 2.24) is 4.90 Å². The highest BCUT2D eigenvalue weighted by atomic mass is 32.1. The molecule has 0 radical (unpaired) electrons. The number of carbonyl (C=O) groups is 1. The van der Waals surface area contributed by atoms with Crippen molar-refractivity contribution in [2.75, 3.05) is 6.54 Å². The second-order valence-electron chi connectivity index (χ2n) is 6.29. The van der Waals surface area contributed by atoms with Gasteiger partial charge in [0.2, 0.25) is 5.91 Å². The zero-order valence-electron chi connectivity index (χ0n) is 12.4. The fraction of sp³-hybridized carbons (Fsp3) is 0.467. The molecule has 6 nitrogen and oxygen atoms in total. The minimum atomic E-state index is -1.02. The van der Waals surface area contributed by atoms with Crippen molar-refractivity contribution in [3.05, 3.63) is 24.2 Å². The number of likely N-dealkylation sites (tertiary alicyclic amines) is 1. The van der Waals surface area contributed by atoms with E-state index >= 15 is 0 Å². The van der Waals surface area contributed by atoms with Crippen LogP contribution in [0.25, 0.3) is 0 Å². The normalized spacial score (nSPS) is 30.0. The van der Waals surface area contributed by atoms with Crippen LogP contribution in [0.5, 0.6) is 0 Å². The van der Waals surface area contributed by atoms with Crippen LogP contribution in [0.3, 0.4) is 0 Å². The number of amides is 1. The number of carbonyl (C=O) groups excluding carboxylic acids is 1. The van der Waals surface area contributed by atoms with Crippen molar-refractivity contribution in [3.8, 4) is 6.07 Å². The van der Waals surface area contributed by atoms with Crippen LogP contribution in [0.15, 0.2) is 27.8 Å². The number of nitrogens with two attached hydrogens (primary N) is 1. The summed E-state index contributed by atoms with van der Waals surface area (Å²) in [5.41, 5.74) is 4.26. The number of furan rings is 1. The molecule has 2 unspecified atom stereocenters. The Balaban J connectivity index is 2.08. The van der Waals surface area contributed by atoms with Gasteiger partial charge in [-0.15, -0.1) is 0 Å². The molecule has 0 spiro atoms. The van der Waals surface area contributed by atoms with Crippen molar-refractivity contribution >= 4 is 28.9 Å². The number of hydrogen-bond donors (Lipinski definition) is 1. The van der Waals surface area contributed by atoms with Gasteiger partial charge < -0.3 is 15.1 Å². The largest absolute Gasteiger partial charge is 0.467 e. The van der Waals surface area contributed by atoms with Gasteiger partial charge in [0.05, 0.1) is 18.9 Å². The van der Waals surface area contributed by atoms with E-state index in [1.165, 1.54) is 0 Å². The lowest BCUT2D eigenvalue weighted by molar-refractivity contribution is -0.147. The molecule has 2 aliphatic rings. The summed E-state index contributed by atoms with van der Waals surface area (Å²) in [5, 5.41) is 9.81. The maximum absolute atomic E-state index is 12.8. The third-order valence-electron chi connectivity index (χ3n) is 4.82. The fourth-order valence-electron chi connectivity index (χ4n) is 3.37. The van der Waals surface area contributed by atoms with Gasteiger partial charge in [-0.25, -0.2) is 4.99 Å². The van der Waals surface area contributed by atoms with E-state index in [1.54, 1.807) is 23.3 Å². The maximum Gasteiger partial charge on any atom is 0.234 e. The molecule has 0 aliphatic carbocycles. The monoisotopic (exact) mass is 316 g/mol. The number of aliphatic imine (C=N–C) groups is 1. The minimum Gasteiger partial charge on any atom is -0.467 e. The number of hydrogen-bond acceptors (Lipinski definition) is 5. The smallest absolute Gasteiger partial charge is 0.234 e. The molecule has 0 saturated carbocycles. The van der Waals surface area contributed by atoms with Gasteiger partial charge in [-0.2, -0.15) is 5.26 Å². The number of nitriles is 1. The van der Waals surface area contributed by atoms with Crippen LogP contribution in [-0.2, 0) is 11.3 Å². The third kappa shape index (κ3) is 1.74. The molecule has 1 saturated heterocycles. The van der Waals surface area contributed by atoms with Gasteiger partial charge in [-0.05, 0) is 12.1 Å². The lowest BCUT2D eigenvalue weighted by atomic mass is 9.55. The quantitative estimate of drug-likeness (QED) is 0.834. The predicted molar refractivity (Wildman–Crippen MR) is 83.7 cm³/mol. The Morgan fingerprint density at radius 2 is 2.36 bits per heavy atom. The first-order valence-corrected chi connectivity index (χ1v) is 7.35. The standard InChI is InChI=1S/C15H16N4O2S/c1-14(2)10-11(17)18-13(22)15(14,7-16)8-19(12(10)20)6-9-4-3-5-21-9/h3-5,10H,6,8H2,1-2H3,(H2,17,18,22). The van der Waals surface area contributed by atoms with Crippen LogP contribution in [0, 0.1) is 28.1 Å².